The Labute approximate surface area is 92.5 Å². The molecule has 0 spiro atoms. The zero-order chi connectivity index (χ0) is 10.8. The normalized spacial score (nSPS) is 9.79. The monoisotopic (exact) mass is 213 g/mol. The maximum atomic E-state index is 3.43. The fraction of sp³-hybridized carbons (Fsp3) is 0.667. The van der Waals surface area contributed by atoms with Crippen LogP contribution in [0.1, 0.15) is 39.0 Å². The minimum atomic E-state index is 0.806. The van der Waals surface area contributed by atoms with Crippen LogP contribution in [-0.2, 0) is 6.54 Å². The van der Waals surface area contributed by atoms with E-state index in [1.807, 2.05) is 25.2 Å². The van der Waals surface area contributed by atoms with Gasteiger partial charge >= 0.3 is 0 Å². The van der Waals surface area contributed by atoms with Crippen LogP contribution in [0.15, 0.2) is 17.5 Å². The molecule has 2 heteroatoms. The van der Waals surface area contributed by atoms with E-state index in [4.69, 9.17) is 0 Å². The lowest BCUT2D eigenvalue weighted by Gasteiger charge is -2.04. The van der Waals surface area contributed by atoms with Crippen molar-refractivity contribution in [1.29, 1.82) is 0 Å². The predicted molar refractivity (Wildman–Crippen MR) is 66.8 cm³/mol. The SMILES string of the molecule is CC.CC(C)CCNCc1cccs1. The Morgan fingerprint density at radius 3 is 2.57 bits per heavy atom. The van der Waals surface area contributed by atoms with Crippen LogP contribution < -0.4 is 5.32 Å². The number of rotatable bonds is 5. The Morgan fingerprint density at radius 1 is 1.36 bits per heavy atom. The number of nitrogens with one attached hydrogen (secondary N) is 1. The number of thiophene rings is 1. The van der Waals surface area contributed by atoms with Gasteiger partial charge in [0, 0.05) is 11.4 Å². The second kappa shape index (κ2) is 9.22. The van der Waals surface area contributed by atoms with Gasteiger partial charge in [-0.05, 0) is 30.3 Å². The van der Waals surface area contributed by atoms with Gasteiger partial charge in [0.05, 0.1) is 0 Å². The van der Waals surface area contributed by atoms with Crippen molar-refractivity contribution in [3.8, 4) is 0 Å². The van der Waals surface area contributed by atoms with Gasteiger partial charge in [0.2, 0.25) is 0 Å². The van der Waals surface area contributed by atoms with Crippen molar-refractivity contribution in [3.05, 3.63) is 22.4 Å². The van der Waals surface area contributed by atoms with Crippen LogP contribution in [0.3, 0.4) is 0 Å². The van der Waals surface area contributed by atoms with Crippen molar-refractivity contribution in [1.82, 2.24) is 5.32 Å². The third-order valence-electron chi connectivity index (χ3n) is 1.78. The molecule has 0 aromatic carbocycles. The van der Waals surface area contributed by atoms with Crippen LogP contribution in [0.5, 0.6) is 0 Å². The van der Waals surface area contributed by atoms with Gasteiger partial charge in [-0.1, -0.05) is 33.8 Å². The molecule has 14 heavy (non-hydrogen) atoms. The molecule has 0 saturated heterocycles. The minimum absolute atomic E-state index is 0.806. The second-order valence-electron chi connectivity index (χ2n) is 3.44. The van der Waals surface area contributed by atoms with Gasteiger partial charge < -0.3 is 5.32 Å². The van der Waals surface area contributed by atoms with Crippen LogP contribution in [0.4, 0.5) is 0 Å². The van der Waals surface area contributed by atoms with Gasteiger partial charge in [-0.2, -0.15) is 0 Å². The van der Waals surface area contributed by atoms with E-state index in [0.717, 1.165) is 19.0 Å². The molecule has 0 amide bonds. The highest BCUT2D eigenvalue weighted by molar-refractivity contribution is 7.09. The lowest BCUT2D eigenvalue weighted by Crippen LogP contribution is -2.15. The average Bonchev–Trinajstić information content (AvgIpc) is 2.68. The van der Waals surface area contributed by atoms with E-state index in [-0.39, 0.29) is 0 Å². The lowest BCUT2D eigenvalue weighted by atomic mass is 10.1. The largest absolute Gasteiger partial charge is 0.312 e. The molecule has 0 aliphatic carbocycles. The Morgan fingerprint density at radius 2 is 2.07 bits per heavy atom. The smallest absolute Gasteiger partial charge is 0.0299 e. The Balaban J connectivity index is 0.000000791. The maximum Gasteiger partial charge on any atom is 0.0299 e. The molecule has 0 radical (unpaired) electrons. The molecule has 0 aliphatic rings. The van der Waals surface area contributed by atoms with E-state index in [1.54, 1.807) is 0 Å². The third-order valence-corrected chi connectivity index (χ3v) is 2.65. The topological polar surface area (TPSA) is 12.0 Å². The second-order valence-corrected chi connectivity index (χ2v) is 4.47. The van der Waals surface area contributed by atoms with E-state index >= 15 is 0 Å². The number of hydrogen-bond donors (Lipinski definition) is 1. The quantitative estimate of drug-likeness (QED) is 0.731. The van der Waals surface area contributed by atoms with Crippen molar-refractivity contribution < 1.29 is 0 Å². The molecule has 1 heterocycles. The van der Waals surface area contributed by atoms with Gasteiger partial charge in [-0.25, -0.2) is 0 Å². The maximum absolute atomic E-state index is 3.43. The molecule has 0 bridgehead atoms. The van der Waals surface area contributed by atoms with Crippen LogP contribution >= 0.6 is 11.3 Å². The summed E-state index contributed by atoms with van der Waals surface area (Å²) < 4.78 is 0. The van der Waals surface area contributed by atoms with Crippen LogP contribution in [0.2, 0.25) is 0 Å². The molecular weight excluding hydrogens is 190 g/mol. The molecule has 0 atom stereocenters. The first kappa shape index (κ1) is 13.7. The van der Waals surface area contributed by atoms with Gasteiger partial charge in [-0.3, -0.25) is 0 Å². The highest BCUT2D eigenvalue weighted by Gasteiger charge is 1.94. The zero-order valence-electron chi connectivity index (χ0n) is 9.84. The molecule has 1 nitrogen and oxygen atoms in total. The summed E-state index contributed by atoms with van der Waals surface area (Å²) in [6.07, 6.45) is 1.27. The Kier molecular flexibility index (Phi) is 9.00. The summed E-state index contributed by atoms with van der Waals surface area (Å²) >= 11 is 1.82. The summed E-state index contributed by atoms with van der Waals surface area (Å²) in [4.78, 5) is 1.43. The van der Waals surface area contributed by atoms with Crippen molar-refractivity contribution in [3.63, 3.8) is 0 Å². The highest BCUT2D eigenvalue weighted by Crippen LogP contribution is 2.07. The standard InChI is InChI=1S/C10H17NS.C2H6/c1-9(2)5-6-11-8-10-4-3-7-12-10;1-2/h3-4,7,9,11H,5-6,8H2,1-2H3;1-2H3. The molecule has 0 fully saturated rings. The average molecular weight is 213 g/mol. The molecular formula is C12H23NS. The van der Waals surface area contributed by atoms with Crippen molar-refractivity contribution in [2.75, 3.05) is 6.54 Å². The molecule has 1 N–H and O–H groups in total. The summed E-state index contributed by atoms with van der Waals surface area (Å²) in [6, 6.07) is 4.27. The minimum Gasteiger partial charge on any atom is -0.312 e. The Bertz CT molecular complexity index is 192. The van der Waals surface area contributed by atoms with Crippen LogP contribution in [0.25, 0.3) is 0 Å². The molecule has 1 aromatic rings. The van der Waals surface area contributed by atoms with Gasteiger partial charge in [0.25, 0.3) is 0 Å². The number of hydrogen-bond acceptors (Lipinski definition) is 2. The third kappa shape index (κ3) is 7.10. The summed E-state index contributed by atoms with van der Waals surface area (Å²) in [7, 11) is 0. The fourth-order valence-corrected chi connectivity index (χ4v) is 1.69. The summed E-state index contributed by atoms with van der Waals surface area (Å²) in [5.74, 6) is 0.806. The van der Waals surface area contributed by atoms with Gasteiger partial charge in [-0.15, -0.1) is 11.3 Å². The fourth-order valence-electron chi connectivity index (χ4n) is 1.02. The molecule has 82 valence electrons. The molecule has 0 aliphatic heterocycles. The zero-order valence-corrected chi connectivity index (χ0v) is 10.7. The van der Waals surface area contributed by atoms with Crippen molar-refractivity contribution in [2.24, 2.45) is 5.92 Å². The first-order chi connectivity index (χ1) is 6.79. The molecule has 1 aromatic heterocycles. The van der Waals surface area contributed by atoms with Crippen LogP contribution in [-0.4, -0.2) is 6.54 Å². The summed E-state index contributed by atoms with van der Waals surface area (Å²) in [5.41, 5.74) is 0. The van der Waals surface area contributed by atoms with E-state index in [2.05, 4.69) is 36.7 Å². The van der Waals surface area contributed by atoms with E-state index in [1.165, 1.54) is 11.3 Å². The van der Waals surface area contributed by atoms with Crippen molar-refractivity contribution >= 4 is 11.3 Å². The Hall–Kier alpha value is -0.340. The van der Waals surface area contributed by atoms with E-state index in [9.17, 15) is 0 Å². The summed E-state index contributed by atoms with van der Waals surface area (Å²) in [6.45, 7) is 10.7. The van der Waals surface area contributed by atoms with Gasteiger partial charge in [0.1, 0.15) is 0 Å². The van der Waals surface area contributed by atoms with Gasteiger partial charge in [0.15, 0.2) is 0 Å². The molecule has 0 unspecified atom stereocenters. The first-order valence-electron chi connectivity index (χ1n) is 5.52. The van der Waals surface area contributed by atoms with E-state index < -0.39 is 0 Å². The van der Waals surface area contributed by atoms with E-state index in [0.29, 0.717) is 0 Å². The first-order valence-corrected chi connectivity index (χ1v) is 6.40. The molecule has 0 saturated carbocycles. The van der Waals surface area contributed by atoms with Crippen LogP contribution in [0, 0.1) is 5.92 Å². The highest BCUT2D eigenvalue weighted by atomic mass is 32.1. The summed E-state index contributed by atoms with van der Waals surface area (Å²) in [5, 5.41) is 5.55. The predicted octanol–water partition coefficient (Wildman–Crippen LogP) is 3.91. The lowest BCUT2D eigenvalue weighted by molar-refractivity contribution is 0.539. The molecule has 1 rings (SSSR count). The van der Waals surface area contributed by atoms with Crippen molar-refractivity contribution in [2.45, 2.75) is 40.7 Å².